The molecule has 0 saturated carbocycles. The highest BCUT2D eigenvalue weighted by atomic mass is 15.2. The van der Waals surface area contributed by atoms with Crippen molar-refractivity contribution in [2.24, 2.45) is 0 Å². The maximum atomic E-state index is 4.70. The van der Waals surface area contributed by atoms with E-state index < -0.39 is 0 Å². The Hall–Kier alpha value is -2.18. The van der Waals surface area contributed by atoms with Crippen molar-refractivity contribution in [2.45, 2.75) is 37.8 Å². The zero-order chi connectivity index (χ0) is 20.2. The third-order valence-electron chi connectivity index (χ3n) is 6.46. The summed E-state index contributed by atoms with van der Waals surface area (Å²) in [5.74, 6) is 0. The highest BCUT2D eigenvalue weighted by molar-refractivity contribution is 5.86. The van der Waals surface area contributed by atoms with E-state index in [9.17, 15) is 0 Å². The van der Waals surface area contributed by atoms with Crippen LogP contribution in [0, 0.1) is 0 Å². The molecular formula is C23H34N6. The molecule has 0 radical (unpaired) electrons. The summed E-state index contributed by atoms with van der Waals surface area (Å²) in [6.45, 7) is 4.40. The quantitative estimate of drug-likeness (QED) is 0.841. The van der Waals surface area contributed by atoms with Gasteiger partial charge in [-0.3, -0.25) is 9.97 Å². The van der Waals surface area contributed by atoms with Gasteiger partial charge in [-0.05, 0) is 72.0 Å². The molecule has 0 bridgehead atoms. The van der Waals surface area contributed by atoms with Gasteiger partial charge in [0.05, 0.1) is 29.5 Å². The Morgan fingerprint density at radius 1 is 1.00 bits per heavy atom. The van der Waals surface area contributed by atoms with E-state index in [0.717, 1.165) is 50.4 Å². The van der Waals surface area contributed by atoms with Crippen LogP contribution in [0.3, 0.4) is 0 Å². The topological polar surface area (TPSA) is 47.5 Å². The maximum absolute atomic E-state index is 4.70. The molecule has 29 heavy (non-hydrogen) atoms. The van der Waals surface area contributed by atoms with E-state index in [1.807, 2.05) is 24.7 Å². The van der Waals surface area contributed by atoms with Gasteiger partial charge < -0.3 is 20.0 Å². The second kappa shape index (κ2) is 9.09. The Labute approximate surface area is 174 Å². The minimum Gasteiger partial charge on any atom is -0.380 e. The summed E-state index contributed by atoms with van der Waals surface area (Å²) in [6.07, 6.45) is 10.6. The first-order valence-corrected chi connectivity index (χ1v) is 10.9. The number of hydrogen-bond acceptors (Lipinski definition) is 6. The number of pyridine rings is 2. The van der Waals surface area contributed by atoms with E-state index in [-0.39, 0.29) is 0 Å². The summed E-state index contributed by atoms with van der Waals surface area (Å²) in [5.41, 5.74) is 4.54. The number of piperidine rings is 2. The molecule has 4 rings (SSSR count). The third kappa shape index (κ3) is 4.70. The van der Waals surface area contributed by atoms with Crippen LogP contribution in [0.2, 0.25) is 0 Å². The number of anilines is 2. The Bertz CT molecular complexity index is 777. The molecule has 0 aromatic carbocycles. The largest absolute Gasteiger partial charge is 0.380 e. The Balaban J connectivity index is 1.63. The lowest BCUT2D eigenvalue weighted by molar-refractivity contribution is 0.249. The van der Waals surface area contributed by atoms with E-state index in [4.69, 9.17) is 4.98 Å². The Morgan fingerprint density at radius 3 is 2.41 bits per heavy atom. The molecule has 0 amide bonds. The molecule has 2 saturated heterocycles. The van der Waals surface area contributed by atoms with Crippen LogP contribution >= 0.6 is 0 Å². The average molecular weight is 395 g/mol. The van der Waals surface area contributed by atoms with Gasteiger partial charge in [0.15, 0.2) is 0 Å². The molecule has 0 aliphatic carbocycles. The molecule has 6 heteroatoms. The van der Waals surface area contributed by atoms with Crippen molar-refractivity contribution in [3.63, 3.8) is 0 Å². The monoisotopic (exact) mass is 394 g/mol. The Kier molecular flexibility index (Phi) is 6.31. The smallest absolute Gasteiger partial charge is 0.0744 e. The zero-order valence-corrected chi connectivity index (χ0v) is 18.0. The zero-order valence-electron chi connectivity index (χ0n) is 18.0. The fraction of sp³-hybridized carbons (Fsp3) is 0.565. The minimum atomic E-state index is 0.491. The Morgan fingerprint density at radius 2 is 1.76 bits per heavy atom. The summed E-state index contributed by atoms with van der Waals surface area (Å²) in [4.78, 5) is 16.6. The summed E-state index contributed by atoms with van der Waals surface area (Å²) in [7, 11) is 6.58. The van der Waals surface area contributed by atoms with Crippen molar-refractivity contribution in [3.8, 4) is 11.3 Å². The first-order chi connectivity index (χ1) is 14.1. The van der Waals surface area contributed by atoms with Crippen LogP contribution in [0.25, 0.3) is 11.3 Å². The summed E-state index contributed by atoms with van der Waals surface area (Å²) >= 11 is 0. The van der Waals surface area contributed by atoms with Crippen molar-refractivity contribution in [2.75, 3.05) is 57.5 Å². The van der Waals surface area contributed by atoms with Gasteiger partial charge >= 0.3 is 0 Å². The molecule has 156 valence electrons. The number of rotatable bonds is 5. The van der Waals surface area contributed by atoms with Gasteiger partial charge in [-0.2, -0.15) is 0 Å². The first-order valence-electron chi connectivity index (χ1n) is 10.9. The van der Waals surface area contributed by atoms with Gasteiger partial charge in [-0.25, -0.2) is 0 Å². The van der Waals surface area contributed by atoms with Crippen molar-refractivity contribution in [1.82, 2.24) is 19.8 Å². The second-order valence-electron chi connectivity index (χ2n) is 8.70. The van der Waals surface area contributed by atoms with E-state index in [2.05, 4.69) is 58.3 Å². The van der Waals surface area contributed by atoms with Crippen molar-refractivity contribution < 1.29 is 0 Å². The minimum absolute atomic E-state index is 0.491. The van der Waals surface area contributed by atoms with Crippen LogP contribution in [-0.4, -0.2) is 79.2 Å². The number of nitrogens with zero attached hydrogens (tertiary/aromatic N) is 5. The van der Waals surface area contributed by atoms with Gasteiger partial charge in [0.1, 0.15) is 0 Å². The number of likely N-dealkylation sites (tertiary alicyclic amines) is 1. The van der Waals surface area contributed by atoms with Gasteiger partial charge in [-0.1, -0.05) is 6.07 Å². The summed E-state index contributed by atoms with van der Waals surface area (Å²) in [5, 5.41) is 3.81. The van der Waals surface area contributed by atoms with E-state index in [1.54, 1.807) is 0 Å². The van der Waals surface area contributed by atoms with E-state index >= 15 is 0 Å². The number of aromatic nitrogens is 2. The number of nitrogens with one attached hydrogen (secondary N) is 1. The van der Waals surface area contributed by atoms with Crippen molar-refractivity contribution in [1.29, 1.82) is 0 Å². The molecule has 1 N–H and O–H groups in total. The van der Waals surface area contributed by atoms with Crippen LogP contribution in [0.1, 0.15) is 25.7 Å². The normalized spacial score (nSPS) is 19.7. The lowest BCUT2D eigenvalue weighted by atomic mass is 10.00. The molecule has 0 spiro atoms. The van der Waals surface area contributed by atoms with Gasteiger partial charge in [0, 0.05) is 36.9 Å². The van der Waals surface area contributed by atoms with E-state index in [1.165, 1.54) is 24.1 Å². The molecule has 2 aromatic heterocycles. The third-order valence-corrected chi connectivity index (χ3v) is 6.46. The van der Waals surface area contributed by atoms with Crippen molar-refractivity contribution >= 4 is 11.4 Å². The first kappa shape index (κ1) is 20.1. The molecule has 0 atom stereocenters. The molecular weight excluding hydrogens is 360 g/mol. The highest BCUT2D eigenvalue weighted by Gasteiger charge is 2.25. The fourth-order valence-corrected chi connectivity index (χ4v) is 4.57. The highest BCUT2D eigenvalue weighted by Crippen LogP contribution is 2.37. The molecule has 4 heterocycles. The molecule has 2 fully saturated rings. The predicted octanol–water partition coefficient (Wildman–Crippen LogP) is 3.18. The van der Waals surface area contributed by atoms with Crippen molar-refractivity contribution in [3.05, 3.63) is 36.8 Å². The lowest BCUT2D eigenvalue weighted by Crippen LogP contribution is -2.42. The fourth-order valence-electron chi connectivity index (χ4n) is 4.57. The molecule has 2 aliphatic rings. The van der Waals surface area contributed by atoms with Crippen LogP contribution < -0.4 is 10.2 Å². The molecule has 0 unspecified atom stereocenters. The second-order valence-corrected chi connectivity index (χ2v) is 8.70. The van der Waals surface area contributed by atoms with Crippen LogP contribution in [0.15, 0.2) is 36.8 Å². The van der Waals surface area contributed by atoms with E-state index in [0.29, 0.717) is 12.1 Å². The molecule has 2 aliphatic heterocycles. The van der Waals surface area contributed by atoms with Crippen LogP contribution in [0.5, 0.6) is 0 Å². The molecule has 6 nitrogen and oxygen atoms in total. The summed E-state index contributed by atoms with van der Waals surface area (Å²) in [6, 6.07) is 7.33. The predicted molar refractivity (Wildman–Crippen MR) is 121 cm³/mol. The standard InChI is InChI=1S/C23H34N6/c1-27(2)19-9-14-29(15-10-19)22-17-24-16-21(23(22)20-6-4-5-11-25-20)26-18-7-12-28(3)13-8-18/h4-6,11,16-19,26H,7-10,12-15H2,1-3H3. The van der Waals surface area contributed by atoms with Crippen LogP contribution in [-0.2, 0) is 0 Å². The maximum Gasteiger partial charge on any atom is 0.0744 e. The number of hydrogen-bond donors (Lipinski definition) is 1. The lowest BCUT2D eigenvalue weighted by Gasteiger charge is -2.37. The van der Waals surface area contributed by atoms with Gasteiger partial charge in [0.2, 0.25) is 0 Å². The van der Waals surface area contributed by atoms with Gasteiger partial charge in [-0.15, -0.1) is 0 Å². The van der Waals surface area contributed by atoms with Crippen LogP contribution in [0.4, 0.5) is 11.4 Å². The summed E-state index contributed by atoms with van der Waals surface area (Å²) < 4.78 is 0. The average Bonchev–Trinajstić information content (AvgIpc) is 2.76. The molecule has 2 aromatic rings. The SMILES string of the molecule is CN1CCC(Nc2cncc(N3CCC(N(C)C)CC3)c2-c2ccccn2)CC1. The van der Waals surface area contributed by atoms with Gasteiger partial charge in [0.25, 0.3) is 0 Å².